The predicted molar refractivity (Wildman–Crippen MR) is 62.1 cm³/mol. The van der Waals surface area contributed by atoms with Crippen molar-refractivity contribution in [2.75, 3.05) is 6.61 Å². The van der Waals surface area contributed by atoms with Gasteiger partial charge in [0.2, 0.25) is 0 Å². The lowest BCUT2D eigenvalue weighted by molar-refractivity contribution is -0.149. The van der Waals surface area contributed by atoms with Crippen molar-refractivity contribution in [1.29, 1.82) is 0 Å². The van der Waals surface area contributed by atoms with Gasteiger partial charge in [-0.3, -0.25) is 4.79 Å². The SMILES string of the molecule is CC(C)OC(=O)C(CCO)c1ccccc1. The molecule has 88 valence electrons. The molecule has 16 heavy (non-hydrogen) atoms. The van der Waals surface area contributed by atoms with Crippen molar-refractivity contribution in [3.63, 3.8) is 0 Å². The molecular formula is C13H18O3. The van der Waals surface area contributed by atoms with E-state index in [0.29, 0.717) is 6.42 Å². The van der Waals surface area contributed by atoms with Crippen LogP contribution in [0.5, 0.6) is 0 Å². The quantitative estimate of drug-likeness (QED) is 0.776. The minimum atomic E-state index is -0.367. The fraction of sp³-hybridized carbons (Fsp3) is 0.462. The molecule has 1 N–H and O–H groups in total. The first-order valence-electron chi connectivity index (χ1n) is 5.51. The lowest BCUT2D eigenvalue weighted by Crippen LogP contribution is -2.20. The van der Waals surface area contributed by atoms with Gasteiger partial charge in [0.1, 0.15) is 0 Å². The standard InChI is InChI=1S/C13H18O3/c1-10(2)16-13(15)12(8-9-14)11-6-4-3-5-7-11/h3-7,10,12,14H,8-9H2,1-2H3. The first-order valence-corrected chi connectivity index (χ1v) is 5.51. The number of aliphatic hydroxyl groups excluding tert-OH is 1. The fourth-order valence-corrected chi connectivity index (χ4v) is 1.55. The summed E-state index contributed by atoms with van der Waals surface area (Å²) in [5, 5.41) is 8.97. The minimum absolute atomic E-state index is 0.0211. The molecule has 0 saturated carbocycles. The maximum absolute atomic E-state index is 11.8. The Balaban J connectivity index is 2.79. The Morgan fingerprint density at radius 2 is 1.94 bits per heavy atom. The van der Waals surface area contributed by atoms with E-state index in [1.807, 2.05) is 44.2 Å². The zero-order valence-corrected chi connectivity index (χ0v) is 9.72. The summed E-state index contributed by atoms with van der Waals surface area (Å²) in [5.41, 5.74) is 0.891. The predicted octanol–water partition coefficient (Wildman–Crippen LogP) is 2.10. The summed E-state index contributed by atoms with van der Waals surface area (Å²) >= 11 is 0. The lowest BCUT2D eigenvalue weighted by atomic mass is 9.96. The second-order valence-corrected chi connectivity index (χ2v) is 3.96. The Kier molecular flexibility index (Phi) is 4.99. The van der Waals surface area contributed by atoms with Crippen molar-refractivity contribution < 1.29 is 14.6 Å². The molecule has 0 aliphatic heterocycles. The van der Waals surface area contributed by atoms with Crippen LogP contribution in [0.25, 0.3) is 0 Å². The van der Waals surface area contributed by atoms with Gasteiger partial charge in [0.25, 0.3) is 0 Å². The van der Waals surface area contributed by atoms with E-state index >= 15 is 0 Å². The van der Waals surface area contributed by atoms with E-state index in [9.17, 15) is 4.79 Å². The molecular weight excluding hydrogens is 204 g/mol. The van der Waals surface area contributed by atoms with Crippen molar-refractivity contribution in [2.45, 2.75) is 32.3 Å². The topological polar surface area (TPSA) is 46.5 Å². The van der Waals surface area contributed by atoms with Gasteiger partial charge < -0.3 is 9.84 Å². The molecule has 1 rings (SSSR count). The molecule has 0 heterocycles. The van der Waals surface area contributed by atoms with E-state index < -0.39 is 0 Å². The fourth-order valence-electron chi connectivity index (χ4n) is 1.55. The Bertz CT molecular complexity index is 319. The average molecular weight is 222 g/mol. The van der Waals surface area contributed by atoms with Crippen LogP contribution >= 0.6 is 0 Å². The van der Waals surface area contributed by atoms with Crippen molar-refractivity contribution in [3.05, 3.63) is 35.9 Å². The molecule has 0 amide bonds. The van der Waals surface area contributed by atoms with Crippen molar-refractivity contribution in [1.82, 2.24) is 0 Å². The Hall–Kier alpha value is -1.35. The van der Waals surface area contributed by atoms with Gasteiger partial charge in [-0.2, -0.15) is 0 Å². The molecule has 0 spiro atoms. The maximum atomic E-state index is 11.8. The van der Waals surface area contributed by atoms with Gasteiger partial charge in [-0.05, 0) is 25.8 Å². The molecule has 0 fully saturated rings. The van der Waals surface area contributed by atoms with E-state index in [1.54, 1.807) is 0 Å². The van der Waals surface area contributed by atoms with Crippen molar-refractivity contribution >= 4 is 5.97 Å². The number of hydrogen-bond donors (Lipinski definition) is 1. The average Bonchev–Trinajstić information content (AvgIpc) is 2.26. The number of carbonyl (C=O) groups is 1. The first-order chi connectivity index (χ1) is 7.65. The third-order valence-electron chi connectivity index (χ3n) is 2.26. The third-order valence-corrected chi connectivity index (χ3v) is 2.26. The number of benzene rings is 1. The number of esters is 1. The summed E-state index contributed by atoms with van der Waals surface area (Å²) in [6, 6.07) is 9.40. The highest BCUT2D eigenvalue weighted by molar-refractivity contribution is 5.78. The molecule has 0 bridgehead atoms. The van der Waals surface area contributed by atoms with E-state index in [2.05, 4.69) is 0 Å². The number of rotatable bonds is 5. The van der Waals surface area contributed by atoms with Crippen LogP contribution in [0.4, 0.5) is 0 Å². The molecule has 0 aliphatic carbocycles. The van der Waals surface area contributed by atoms with Crippen LogP contribution in [0.3, 0.4) is 0 Å². The van der Waals surface area contributed by atoms with Crippen LogP contribution in [0.15, 0.2) is 30.3 Å². The highest BCUT2D eigenvalue weighted by Gasteiger charge is 2.22. The van der Waals surface area contributed by atoms with Crippen LogP contribution in [0, 0.1) is 0 Å². The Labute approximate surface area is 96.1 Å². The van der Waals surface area contributed by atoms with Crippen LogP contribution in [-0.4, -0.2) is 23.8 Å². The molecule has 3 heteroatoms. The van der Waals surface area contributed by atoms with Crippen molar-refractivity contribution in [3.8, 4) is 0 Å². The normalized spacial score (nSPS) is 12.5. The smallest absolute Gasteiger partial charge is 0.313 e. The summed E-state index contributed by atoms with van der Waals surface area (Å²) in [4.78, 5) is 11.8. The zero-order chi connectivity index (χ0) is 12.0. The van der Waals surface area contributed by atoms with Gasteiger partial charge >= 0.3 is 5.97 Å². The molecule has 0 radical (unpaired) electrons. The molecule has 1 aromatic rings. The highest BCUT2D eigenvalue weighted by Crippen LogP contribution is 2.21. The molecule has 0 saturated heterocycles. The van der Waals surface area contributed by atoms with Gasteiger partial charge in [0, 0.05) is 6.61 Å². The minimum Gasteiger partial charge on any atom is -0.463 e. The molecule has 1 atom stereocenters. The van der Waals surface area contributed by atoms with Crippen LogP contribution in [0.2, 0.25) is 0 Å². The Morgan fingerprint density at radius 3 is 2.44 bits per heavy atom. The number of carbonyl (C=O) groups excluding carboxylic acids is 1. The molecule has 3 nitrogen and oxygen atoms in total. The lowest BCUT2D eigenvalue weighted by Gasteiger charge is -2.17. The molecule has 0 aliphatic rings. The zero-order valence-electron chi connectivity index (χ0n) is 9.72. The van der Waals surface area contributed by atoms with E-state index in [0.717, 1.165) is 5.56 Å². The summed E-state index contributed by atoms with van der Waals surface area (Å²) < 4.78 is 5.17. The van der Waals surface area contributed by atoms with Gasteiger partial charge in [-0.1, -0.05) is 30.3 Å². The van der Waals surface area contributed by atoms with Crippen LogP contribution < -0.4 is 0 Å². The van der Waals surface area contributed by atoms with Crippen LogP contribution in [0.1, 0.15) is 31.7 Å². The monoisotopic (exact) mass is 222 g/mol. The highest BCUT2D eigenvalue weighted by atomic mass is 16.5. The van der Waals surface area contributed by atoms with Gasteiger partial charge in [-0.15, -0.1) is 0 Å². The first kappa shape index (κ1) is 12.7. The summed E-state index contributed by atoms with van der Waals surface area (Å²) in [5.74, 6) is -0.635. The van der Waals surface area contributed by atoms with E-state index in [-0.39, 0.29) is 24.6 Å². The summed E-state index contributed by atoms with van der Waals surface area (Å²) in [7, 11) is 0. The molecule has 1 aromatic carbocycles. The van der Waals surface area contributed by atoms with Gasteiger partial charge in [0.05, 0.1) is 12.0 Å². The largest absolute Gasteiger partial charge is 0.463 e. The second-order valence-electron chi connectivity index (χ2n) is 3.96. The molecule has 1 unspecified atom stereocenters. The van der Waals surface area contributed by atoms with Crippen LogP contribution in [-0.2, 0) is 9.53 Å². The van der Waals surface area contributed by atoms with Gasteiger partial charge in [0.15, 0.2) is 0 Å². The van der Waals surface area contributed by atoms with Gasteiger partial charge in [-0.25, -0.2) is 0 Å². The number of ether oxygens (including phenoxy) is 1. The Morgan fingerprint density at radius 1 is 1.31 bits per heavy atom. The number of hydrogen-bond acceptors (Lipinski definition) is 3. The summed E-state index contributed by atoms with van der Waals surface area (Å²) in [6.07, 6.45) is 0.271. The second kappa shape index (κ2) is 6.28. The maximum Gasteiger partial charge on any atom is 0.313 e. The van der Waals surface area contributed by atoms with Crippen molar-refractivity contribution in [2.24, 2.45) is 0 Å². The summed E-state index contributed by atoms with van der Waals surface area (Å²) in [6.45, 7) is 3.62. The number of aliphatic hydroxyl groups is 1. The molecule has 0 aromatic heterocycles. The van der Waals surface area contributed by atoms with E-state index in [4.69, 9.17) is 9.84 Å². The third kappa shape index (κ3) is 3.66. The van der Waals surface area contributed by atoms with E-state index in [1.165, 1.54) is 0 Å².